The van der Waals surface area contributed by atoms with Crippen LogP contribution in [0.15, 0.2) is 32.9 Å². The highest BCUT2D eigenvalue weighted by atomic mass is 35.5. The number of rotatable bonds is 9. The lowest BCUT2D eigenvalue weighted by molar-refractivity contribution is -0.118. The summed E-state index contributed by atoms with van der Waals surface area (Å²) in [6.07, 6.45) is 1.88. The molecule has 0 unspecified atom stereocenters. The van der Waals surface area contributed by atoms with Crippen molar-refractivity contribution >= 4 is 52.4 Å². The molecule has 0 bridgehead atoms. The molecule has 0 atom stereocenters. The van der Waals surface area contributed by atoms with Crippen LogP contribution in [0.4, 0.5) is 0 Å². The summed E-state index contributed by atoms with van der Waals surface area (Å²) in [7, 11) is 0. The molecular formula is C15H18ClN3OS3. The quantitative estimate of drug-likeness (QED) is 0.655. The second kappa shape index (κ2) is 10.2. The van der Waals surface area contributed by atoms with Crippen LogP contribution >= 0.6 is 46.5 Å². The van der Waals surface area contributed by atoms with E-state index < -0.39 is 0 Å². The Bertz CT molecular complexity index is 636. The Balaban J connectivity index is 1.66. The van der Waals surface area contributed by atoms with Crippen molar-refractivity contribution in [2.75, 3.05) is 18.1 Å². The van der Waals surface area contributed by atoms with E-state index in [1.165, 1.54) is 11.8 Å². The zero-order chi connectivity index (χ0) is 16.5. The van der Waals surface area contributed by atoms with E-state index in [1.54, 1.807) is 23.1 Å². The second-order valence-corrected chi connectivity index (χ2v) is 8.68. The summed E-state index contributed by atoms with van der Waals surface area (Å²) in [5.41, 5.74) is 1.12. The smallest absolute Gasteiger partial charge is 0.230 e. The summed E-state index contributed by atoms with van der Waals surface area (Å²) >= 11 is 10.6. The first-order chi connectivity index (χ1) is 11.2. The molecule has 23 heavy (non-hydrogen) atoms. The fraction of sp³-hybridized carbons (Fsp3) is 0.400. The van der Waals surface area contributed by atoms with Gasteiger partial charge in [-0.15, -0.1) is 10.2 Å². The largest absolute Gasteiger partial charge is 0.355 e. The van der Waals surface area contributed by atoms with Gasteiger partial charge in [0.25, 0.3) is 0 Å². The first-order valence-electron chi connectivity index (χ1n) is 7.27. The van der Waals surface area contributed by atoms with E-state index >= 15 is 0 Å². The Hall–Kier alpha value is -0.760. The van der Waals surface area contributed by atoms with Gasteiger partial charge in [0, 0.05) is 17.3 Å². The highest BCUT2D eigenvalue weighted by molar-refractivity contribution is 8.03. The third-order valence-electron chi connectivity index (χ3n) is 2.77. The maximum atomic E-state index is 11.8. The number of nitrogens with one attached hydrogen (secondary N) is 1. The number of carbonyl (C=O) groups is 1. The number of halogens is 1. The molecule has 0 spiro atoms. The molecule has 0 aliphatic rings. The Kier molecular flexibility index (Phi) is 8.22. The van der Waals surface area contributed by atoms with Gasteiger partial charge in [0.15, 0.2) is 8.68 Å². The first kappa shape index (κ1) is 18.6. The van der Waals surface area contributed by atoms with Gasteiger partial charge in [-0.3, -0.25) is 4.79 Å². The van der Waals surface area contributed by atoms with E-state index in [4.69, 9.17) is 11.6 Å². The lowest BCUT2D eigenvalue weighted by Crippen LogP contribution is -2.27. The molecule has 0 saturated carbocycles. The number of aromatic nitrogens is 2. The Labute approximate surface area is 153 Å². The molecule has 4 nitrogen and oxygen atoms in total. The van der Waals surface area contributed by atoms with Crippen molar-refractivity contribution in [1.29, 1.82) is 0 Å². The number of benzene rings is 1. The fourth-order valence-electron chi connectivity index (χ4n) is 1.72. The summed E-state index contributed by atoms with van der Waals surface area (Å²) in [5.74, 6) is 1.42. The number of hydrogen-bond donors (Lipinski definition) is 1. The van der Waals surface area contributed by atoms with Crippen molar-refractivity contribution in [3.8, 4) is 0 Å². The van der Waals surface area contributed by atoms with E-state index in [-0.39, 0.29) is 5.91 Å². The summed E-state index contributed by atoms with van der Waals surface area (Å²) in [5, 5.41) is 11.8. The summed E-state index contributed by atoms with van der Waals surface area (Å²) in [4.78, 5) is 11.8. The minimum absolute atomic E-state index is 0.00925. The number of hydrogen-bond acceptors (Lipinski definition) is 6. The van der Waals surface area contributed by atoms with Gasteiger partial charge in [0.1, 0.15) is 0 Å². The number of nitrogens with zero attached hydrogens (tertiary/aromatic N) is 2. The monoisotopic (exact) mass is 387 g/mol. The molecule has 0 fully saturated rings. The van der Waals surface area contributed by atoms with Gasteiger partial charge >= 0.3 is 0 Å². The molecule has 0 saturated heterocycles. The highest BCUT2D eigenvalue weighted by Gasteiger charge is 2.08. The van der Waals surface area contributed by atoms with Gasteiger partial charge in [0.2, 0.25) is 5.91 Å². The molecule has 0 aliphatic carbocycles. The number of amides is 1. The molecule has 2 rings (SSSR count). The molecule has 1 amide bonds. The van der Waals surface area contributed by atoms with Crippen LogP contribution in [0.3, 0.4) is 0 Å². The lowest BCUT2D eigenvalue weighted by Gasteiger charge is -2.04. The topological polar surface area (TPSA) is 54.9 Å². The van der Waals surface area contributed by atoms with Crippen LogP contribution in [0.2, 0.25) is 5.02 Å². The van der Waals surface area contributed by atoms with Gasteiger partial charge in [-0.25, -0.2) is 0 Å². The molecule has 124 valence electrons. The highest BCUT2D eigenvalue weighted by Crippen LogP contribution is 2.28. The van der Waals surface area contributed by atoms with Crippen molar-refractivity contribution < 1.29 is 4.79 Å². The van der Waals surface area contributed by atoms with Gasteiger partial charge in [-0.1, -0.05) is 65.5 Å². The molecule has 0 aliphatic heterocycles. The maximum absolute atomic E-state index is 11.8. The van der Waals surface area contributed by atoms with E-state index in [9.17, 15) is 4.79 Å². The predicted octanol–water partition coefficient (Wildman–Crippen LogP) is 4.14. The van der Waals surface area contributed by atoms with E-state index in [0.29, 0.717) is 12.3 Å². The minimum atomic E-state index is 0.00925. The van der Waals surface area contributed by atoms with Crippen molar-refractivity contribution in [1.82, 2.24) is 15.5 Å². The molecular weight excluding hydrogens is 370 g/mol. The predicted molar refractivity (Wildman–Crippen MR) is 99.8 cm³/mol. The maximum Gasteiger partial charge on any atom is 0.230 e. The van der Waals surface area contributed by atoms with Crippen LogP contribution in [-0.4, -0.2) is 34.2 Å². The first-order valence-corrected chi connectivity index (χ1v) is 10.4. The molecule has 1 heterocycles. The van der Waals surface area contributed by atoms with E-state index in [1.807, 2.05) is 24.3 Å². The molecule has 2 aromatic rings. The van der Waals surface area contributed by atoms with Gasteiger partial charge in [-0.05, 0) is 30.5 Å². The number of thioether (sulfide) groups is 2. The van der Waals surface area contributed by atoms with Crippen LogP contribution in [0.25, 0.3) is 0 Å². The standard InChI is InChI=1S/C15H18ClN3OS3/c1-2-8-21-14-18-19-15(23-14)22-10-13(20)17-7-6-11-4-3-5-12(16)9-11/h3-5,9H,2,6-8,10H2,1H3,(H,17,20). The lowest BCUT2D eigenvalue weighted by atomic mass is 10.1. The molecule has 1 aromatic heterocycles. The van der Waals surface area contributed by atoms with Crippen molar-refractivity contribution in [2.45, 2.75) is 28.4 Å². The Morgan fingerprint density at radius 1 is 1.30 bits per heavy atom. The van der Waals surface area contributed by atoms with E-state index in [0.717, 1.165) is 37.9 Å². The fourth-order valence-corrected chi connectivity index (χ4v) is 4.71. The second-order valence-electron chi connectivity index (χ2n) is 4.70. The van der Waals surface area contributed by atoms with Gasteiger partial charge < -0.3 is 5.32 Å². The van der Waals surface area contributed by atoms with Crippen LogP contribution in [-0.2, 0) is 11.2 Å². The average Bonchev–Trinajstić information content (AvgIpc) is 2.99. The molecule has 8 heteroatoms. The zero-order valence-corrected chi connectivity index (χ0v) is 16.0. The number of carbonyl (C=O) groups excluding carboxylic acids is 1. The SMILES string of the molecule is CCCSc1nnc(SCC(=O)NCCc2cccc(Cl)c2)s1. The van der Waals surface area contributed by atoms with Crippen LogP contribution in [0, 0.1) is 0 Å². The zero-order valence-electron chi connectivity index (χ0n) is 12.8. The summed E-state index contributed by atoms with van der Waals surface area (Å²) < 4.78 is 1.81. The van der Waals surface area contributed by atoms with Gasteiger partial charge in [-0.2, -0.15) is 0 Å². The average molecular weight is 388 g/mol. The third-order valence-corrected chi connectivity index (χ3v) is 6.40. The van der Waals surface area contributed by atoms with Crippen molar-refractivity contribution in [3.63, 3.8) is 0 Å². The molecule has 1 aromatic carbocycles. The summed E-state index contributed by atoms with van der Waals surface area (Å²) in [6.45, 7) is 2.74. The Morgan fingerprint density at radius 2 is 2.09 bits per heavy atom. The van der Waals surface area contributed by atoms with Crippen LogP contribution in [0.5, 0.6) is 0 Å². The Morgan fingerprint density at radius 3 is 2.83 bits per heavy atom. The van der Waals surface area contributed by atoms with Crippen molar-refractivity contribution in [3.05, 3.63) is 34.9 Å². The third kappa shape index (κ3) is 7.12. The van der Waals surface area contributed by atoms with E-state index in [2.05, 4.69) is 22.4 Å². The molecule has 0 radical (unpaired) electrons. The van der Waals surface area contributed by atoms with Gasteiger partial charge in [0.05, 0.1) is 5.75 Å². The molecule has 1 N–H and O–H groups in total. The van der Waals surface area contributed by atoms with Crippen LogP contribution in [0.1, 0.15) is 18.9 Å². The van der Waals surface area contributed by atoms with Crippen molar-refractivity contribution in [2.24, 2.45) is 0 Å². The van der Waals surface area contributed by atoms with Crippen LogP contribution < -0.4 is 5.32 Å². The summed E-state index contributed by atoms with van der Waals surface area (Å²) in [6, 6.07) is 7.68. The minimum Gasteiger partial charge on any atom is -0.355 e. The normalized spacial score (nSPS) is 10.7.